The highest BCUT2D eigenvalue weighted by Crippen LogP contribution is 2.40. The molecule has 7 heteroatoms. The maximum Gasteiger partial charge on any atom is 0.230 e. The lowest BCUT2D eigenvalue weighted by Crippen LogP contribution is -2.22. The van der Waals surface area contributed by atoms with Crippen molar-refractivity contribution < 1.29 is 18.7 Å². The molecule has 0 bridgehead atoms. The quantitative estimate of drug-likeness (QED) is 0.577. The van der Waals surface area contributed by atoms with Gasteiger partial charge >= 0.3 is 0 Å². The van der Waals surface area contributed by atoms with Crippen molar-refractivity contribution in [2.75, 3.05) is 4.90 Å². The summed E-state index contributed by atoms with van der Waals surface area (Å²) in [6.07, 6.45) is 0.290. The summed E-state index contributed by atoms with van der Waals surface area (Å²) in [5.41, 5.74) is 2.13. The molecule has 1 amide bonds. The number of ether oxygens (including phenoxy) is 1. The highest BCUT2D eigenvalue weighted by atomic mass is 32.1. The van der Waals surface area contributed by atoms with Crippen LogP contribution in [0.2, 0.25) is 0 Å². The first-order chi connectivity index (χ1) is 14.0. The van der Waals surface area contributed by atoms with Crippen LogP contribution in [0, 0.1) is 5.82 Å². The molecule has 0 N–H and O–H groups in total. The number of carbonyl (C=O) groups excluding carboxylic acids is 2. The van der Waals surface area contributed by atoms with Crippen molar-refractivity contribution in [3.05, 3.63) is 70.5 Å². The van der Waals surface area contributed by atoms with Gasteiger partial charge in [-0.1, -0.05) is 25.1 Å². The number of thiazole rings is 1. The zero-order chi connectivity index (χ0) is 20.5. The Morgan fingerprint density at radius 3 is 2.76 bits per heavy atom. The zero-order valence-electron chi connectivity index (χ0n) is 16.0. The van der Waals surface area contributed by atoms with Crippen molar-refractivity contribution in [3.63, 3.8) is 0 Å². The number of hydrogen-bond donors (Lipinski definition) is 0. The summed E-state index contributed by atoms with van der Waals surface area (Å²) in [4.78, 5) is 30.5. The summed E-state index contributed by atoms with van der Waals surface area (Å²) < 4.78 is 20.0. The Labute approximate surface area is 171 Å². The average Bonchev–Trinajstić information content (AvgIpc) is 3.27. The predicted molar refractivity (Wildman–Crippen MR) is 109 cm³/mol. The number of fused-ring (bicyclic) bond motifs is 1. The first-order valence-corrected chi connectivity index (χ1v) is 10.1. The van der Waals surface area contributed by atoms with Crippen LogP contribution in [-0.2, 0) is 11.4 Å². The molecule has 1 aliphatic rings. The Morgan fingerprint density at radius 2 is 2.03 bits per heavy atom. The van der Waals surface area contributed by atoms with E-state index in [1.807, 2.05) is 42.6 Å². The molecule has 1 unspecified atom stereocenters. The monoisotopic (exact) mass is 410 g/mol. The number of halogens is 1. The summed E-state index contributed by atoms with van der Waals surface area (Å²) in [5.74, 6) is -0.401. The van der Waals surface area contributed by atoms with Gasteiger partial charge in [0.15, 0.2) is 10.9 Å². The van der Waals surface area contributed by atoms with E-state index in [0.29, 0.717) is 27.7 Å². The standard InChI is InChI=1S/C22H19FN2O3S/c1-13-10-18(27)21-19(9-8-17(23)20(13)21)28-11-15-12-29-22(24-15)25(14(2)26)16-6-4-3-5-7-16/h3-9,12-13H,10-11H2,1-2H3. The van der Waals surface area contributed by atoms with Crippen LogP contribution in [0.15, 0.2) is 47.8 Å². The molecule has 2 aromatic carbocycles. The number of hydrogen-bond acceptors (Lipinski definition) is 5. The molecule has 0 saturated carbocycles. The summed E-state index contributed by atoms with van der Waals surface area (Å²) in [7, 11) is 0. The van der Waals surface area contributed by atoms with Crippen LogP contribution < -0.4 is 9.64 Å². The van der Waals surface area contributed by atoms with E-state index in [4.69, 9.17) is 4.74 Å². The molecule has 29 heavy (non-hydrogen) atoms. The molecule has 5 nitrogen and oxygen atoms in total. The molecule has 1 aliphatic carbocycles. The number of amides is 1. The molecule has 0 radical (unpaired) electrons. The van der Waals surface area contributed by atoms with E-state index < -0.39 is 0 Å². The second-order valence-corrected chi connectivity index (χ2v) is 7.80. The molecule has 0 saturated heterocycles. The number of anilines is 2. The van der Waals surface area contributed by atoms with Crippen molar-refractivity contribution in [2.45, 2.75) is 32.8 Å². The van der Waals surface area contributed by atoms with Gasteiger partial charge < -0.3 is 4.74 Å². The van der Waals surface area contributed by atoms with Gasteiger partial charge in [-0.25, -0.2) is 9.37 Å². The van der Waals surface area contributed by atoms with Gasteiger partial charge in [0.25, 0.3) is 0 Å². The molecular weight excluding hydrogens is 391 g/mol. The molecule has 3 aromatic rings. The van der Waals surface area contributed by atoms with Gasteiger partial charge in [-0.15, -0.1) is 11.3 Å². The van der Waals surface area contributed by atoms with E-state index in [9.17, 15) is 14.0 Å². The molecule has 1 heterocycles. The van der Waals surface area contributed by atoms with E-state index in [0.717, 1.165) is 5.69 Å². The van der Waals surface area contributed by atoms with Gasteiger partial charge in [0.2, 0.25) is 5.91 Å². The van der Waals surface area contributed by atoms with Crippen molar-refractivity contribution in [1.29, 1.82) is 0 Å². The number of Topliss-reactive ketones (excluding diaryl/α,β-unsaturated/α-hetero) is 1. The topological polar surface area (TPSA) is 59.5 Å². The van der Waals surface area contributed by atoms with Gasteiger partial charge in [0, 0.05) is 24.3 Å². The van der Waals surface area contributed by atoms with E-state index >= 15 is 0 Å². The minimum absolute atomic E-state index is 0.104. The van der Waals surface area contributed by atoms with Gasteiger partial charge in [0.05, 0.1) is 16.9 Å². The van der Waals surface area contributed by atoms with Crippen LogP contribution >= 0.6 is 11.3 Å². The molecule has 148 valence electrons. The van der Waals surface area contributed by atoms with E-state index in [1.54, 1.807) is 0 Å². The molecule has 0 fully saturated rings. The van der Waals surface area contributed by atoms with Crippen molar-refractivity contribution >= 4 is 33.8 Å². The van der Waals surface area contributed by atoms with Gasteiger partial charge in [0.1, 0.15) is 18.2 Å². The number of benzene rings is 2. The first-order valence-electron chi connectivity index (χ1n) is 9.24. The van der Waals surface area contributed by atoms with Crippen LogP contribution in [0.5, 0.6) is 5.75 Å². The number of nitrogens with zero attached hydrogens (tertiary/aromatic N) is 2. The lowest BCUT2D eigenvalue weighted by molar-refractivity contribution is -0.115. The molecule has 1 atom stereocenters. The van der Waals surface area contributed by atoms with E-state index in [2.05, 4.69) is 4.98 Å². The number of rotatable bonds is 5. The third-order valence-electron chi connectivity index (χ3n) is 4.85. The Morgan fingerprint density at radius 1 is 1.28 bits per heavy atom. The first kappa shape index (κ1) is 19.3. The molecule has 0 aliphatic heterocycles. The zero-order valence-corrected chi connectivity index (χ0v) is 16.8. The highest BCUT2D eigenvalue weighted by Gasteiger charge is 2.32. The molecule has 0 spiro atoms. The maximum absolute atomic E-state index is 14.1. The van der Waals surface area contributed by atoms with Crippen LogP contribution in [0.3, 0.4) is 0 Å². The van der Waals surface area contributed by atoms with Gasteiger partial charge in [-0.2, -0.15) is 0 Å². The summed E-state index contributed by atoms with van der Waals surface area (Å²) in [6.45, 7) is 3.44. The van der Waals surface area contributed by atoms with Crippen LogP contribution in [0.25, 0.3) is 0 Å². The minimum atomic E-state index is -0.374. The SMILES string of the molecule is CC(=O)N(c1ccccc1)c1nc(COc2ccc(F)c3c2C(=O)CC3C)cs1. The Hall–Kier alpha value is -3.06. The van der Waals surface area contributed by atoms with Crippen LogP contribution in [0.4, 0.5) is 15.2 Å². The molecular formula is C22H19FN2O3S. The Bertz CT molecular complexity index is 1080. The molecule has 1 aromatic heterocycles. The second-order valence-electron chi connectivity index (χ2n) is 6.96. The average molecular weight is 410 g/mol. The predicted octanol–water partition coefficient (Wildman–Crippen LogP) is 5.24. The lowest BCUT2D eigenvalue weighted by Gasteiger charge is -2.17. The van der Waals surface area contributed by atoms with Crippen LogP contribution in [0.1, 0.15) is 47.8 Å². The fourth-order valence-corrected chi connectivity index (χ4v) is 4.44. The highest BCUT2D eigenvalue weighted by molar-refractivity contribution is 7.14. The summed E-state index contributed by atoms with van der Waals surface area (Å²) in [5, 5.41) is 2.35. The van der Waals surface area contributed by atoms with Crippen molar-refractivity contribution in [3.8, 4) is 5.75 Å². The third-order valence-corrected chi connectivity index (χ3v) is 5.73. The van der Waals surface area contributed by atoms with Crippen LogP contribution in [-0.4, -0.2) is 16.7 Å². The molecule has 4 rings (SSSR count). The number of para-hydroxylation sites is 1. The number of aromatic nitrogens is 1. The number of carbonyl (C=O) groups is 2. The largest absolute Gasteiger partial charge is 0.486 e. The van der Waals surface area contributed by atoms with Gasteiger partial charge in [-0.05, 0) is 30.2 Å². The van der Waals surface area contributed by atoms with E-state index in [1.165, 1.54) is 35.3 Å². The lowest BCUT2D eigenvalue weighted by atomic mass is 10.0. The van der Waals surface area contributed by atoms with Crippen molar-refractivity contribution in [2.24, 2.45) is 0 Å². The summed E-state index contributed by atoms with van der Waals surface area (Å²) >= 11 is 1.33. The second kappa shape index (κ2) is 7.75. The fraction of sp³-hybridized carbons (Fsp3) is 0.227. The van der Waals surface area contributed by atoms with E-state index in [-0.39, 0.29) is 36.5 Å². The van der Waals surface area contributed by atoms with Gasteiger partial charge in [-0.3, -0.25) is 14.5 Å². The Kier molecular flexibility index (Phi) is 5.15. The number of ketones is 1. The summed E-state index contributed by atoms with van der Waals surface area (Å²) in [6, 6.07) is 12.1. The smallest absolute Gasteiger partial charge is 0.230 e. The fourth-order valence-electron chi connectivity index (χ4n) is 3.57. The normalized spacial score (nSPS) is 15.3. The maximum atomic E-state index is 14.1. The van der Waals surface area contributed by atoms with Crippen molar-refractivity contribution in [1.82, 2.24) is 4.98 Å². The third kappa shape index (κ3) is 3.65. The minimum Gasteiger partial charge on any atom is -0.486 e. The Balaban J connectivity index is 1.56.